The van der Waals surface area contributed by atoms with Crippen molar-refractivity contribution in [1.29, 1.82) is 0 Å². The second-order valence-corrected chi connectivity index (χ2v) is 6.65. The van der Waals surface area contributed by atoms with E-state index in [4.69, 9.17) is 9.15 Å². The predicted molar refractivity (Wildman–Crippen MR) is 109 cm³/mol. The maximum atomic E-state index is 12.4. The molecule has 2 heterocycles. The molecule has 0 amide bonds. The van der Waals surface area contributed by atoms with Gasteiger partial charge in [0.1, 0.15) is 22.6 Å². The van der Waals surface area contributed by atoms with Crippen LogP contribution in [0.5, 0.6) is 5.75 Å². The van der Waals surface area contributed by atoms with Gasteiger partial charge in [-0.25, -0.2) is 14.8 Å². The molecule has 4 rings (SSSR count). The Morgan fingerprint density at radius 2 is 1.94 bits per heavy atom. The van der Waals surface area contributed by atoms with Crippen molar-refractivity contribution in [3.8, 4) is 17.2 Å². The Hall–Kier alpha value is -4.08. The molecule has 0 saturated carbocycles. The number of hydrogen-bond donors (Lipinski definition) is 1. The van der Waals surface area contributed by atoms with Gasteiger partial charge in [-0.2, -0.15) is 0 Å². The molecular weight excluding hydrogens is 427 g/mol. The lowest BCUT2D eigenvalue weighted by atomic mass is 10.2. The summed E-state index contributed by atoms with van der Waals surface area (Å²) in [6, 6.07) is 14.1. The molecule has 0 aliphatic heterocycles. The number of para-hydroxylation sites is 1. The number of anilines is 1. The highest BCUT2D eigenvalue weighted by molar-refractivity contribution is 6.01. The van der Waals surface area contributed by atoms with Crippen molar-refractivity contribution < 1.29 is 31.9 Å². The first kappa shape index (κ1) is 21.2. The fraction of sp³-hybridized carbons (Fsp3) is 0.136. The SMILES string of the molecule is COC(=O)c1cccc2nc(-c3ccc(NCc4cccc(OC(F)(F)F)c4)nc3)oc12. The van der Waals surface area contributed by atoms with Crippen molar-refractivity contribution in [3.63, 3.8) is 0 Å². The Balaban J connectivity index is 1.47. The summed E-state index contributed by atoms with van der Waals surface area (Å²) in [6.45, 7) is 0.243. The molecule has 0 saturated heterocycles. The van der Waals surface area contributed by atoms with Crippen LogP contribution in [0.4, 0.5) is 19.0 Å². The van der Waals surface area contributed by atoms with Crippen LogP contribution in [-0.2, 0) is 11.3 Å². The summed E-state index contributed by atoms with van der Waals surface area (Å²) in [7, 11) is 1.29. The van der Waals surface area contributed by atoms with Gasteiger partial charge in [0.25, 0.3) is 0 Å². The topological polar surface area (TPSA) is 86.5 Å². The van der Waals surface area contributed by atoms with Crippen molar-refractivity contribution in [2.45, 2.75) is 12.9 Å². The first-order valence-electron chi connectivity index (χ1n) is 9.35. The van der Waals surface area contributed by atoms with Crippen LogP contribution in [0.2, 0.25) is 0 Å². The first-order valence-corrected chi connectivity index (χ1v) is 9.35. The molecule has 0 radical (unpaired) electrons. The van der Waals surface area contributed by atoms with Gasteiger partial charge in [-0.1, -0.05) is 18.2 Å². The zero-order valence-corrected chi connectivity index (χ0v) is 16.6. The van der Waals surface area contributed by atoms with Crippen molar-refractivity contribution in [1.82, 2.24) is 9.97 Å². The van der Waals surface area contributed by atoms with E-state index in [1.807, 2.05) is 0 Å². The summed E-state index contributed by atoms with van der Waals surface area (Å²) in [4.78, 5) is 20.6. The number of rotatable bonds is 6. The molecule has 0 unspecified atom stereocenters. The highest BCUT2D eigenvalue weighted by Gasteiger charge is 2.31. The zero-order chi connectivity index (χ0) is 22.7. The average molecular weight is 443 g/mol. The number of methoxy groups -OCH3 is 1. The summed E-state index contributed by atoms with van der Waals surface area (Å²) >= 11 is 0. The van der Waals surface area contributed by atoms with Gasteiger partial charge in [0.2, 0.25) is 5.89 Å². The minimum absolute atomic E-state index is 0.243. The number of aromatic nitrogens is 2. The lowest BCUT2D eigenvalue weighted by Crippen LogP contribution is -2.17. The molecule has 0 bridgehead atoms. The summed E-state index contributed by atoms with van der Waals surface area (Å²) in [5.41, 5.74) is 2.27. The van der Waals surface area contributed by atoms with Gasteiger partial charge in [-0.05, 0) is 42.0 Å². The zero-order valence-electron chi connectivity index (χ0n) is 16.6. The largest absolute Gasteiger partial charge is 0.573 e. The van der Waals surface area contributed by atoms with Crippen LogP contribution in [-0.4, -0.2) is 29.4 Å². The van der Waals surface area contributed by atoms with E-state index < -0.39 is 12.3 Å². The van der Waals surface area contributed by atoms with E-state index in [9.17, 15) is 18.0 Å². The molecule has 4 aromatic rings. The van der Waals surface area contributed by atoms with Crippen molar-refractivity contribution in [2.75, 3.05) is 12.4 Å². The third-order valence-electron chi connectivity index (χ3n) is 4.44. The summed E-state index contributed by atoms with van der Waals surface area (Å²) in [6.07, 6.45) is -3.21. The Morgan fingerprint density at radius 1 is 1.12 bits per heavy atom. The van der Waals surface area contributed by atoms with E-state index in [0.717, 1.165) is 0 Å². The first-order chi connectivity index (χ1) is 15.3. The lowest BCUT2D eigenvalue weighted by molar-refractivity contribution is -0.274. The molecule has 0 aliphatic carbocycles. The van der Waals surface area contributed by atoms with Crippen LogP contribution in [0.25, 0.3) is 22.6 Å². The van der Waals surface area contributed by atoms with Gasteiger partial charge >= 0.3 is 12.3 Å². The number of alkyl halides is 3. The number of oxazole rings is 1. The average Bonchev–Trinajstić information content (AvgIpc) is 3.21. The molecule has 0 aliphatic rings. The molecule has 0 atom stereocenters. The number of carbonyl (C=O) groups excluding carboxylic acids is 1. The summed E-state index contributed by atoms with van der Waals surface area (Å²) < 4.78 is 51.5. The summed E-state index contributed by atoms with van der Waals surface area (Å²) in [5.74, 6) is -0.0299. The fourth-order valence-electron chi connectivity index (χ4n) is 3.01. The van der Waals surface area contributed by atoms with Gasteiger partial charge in [0.15, 0.2) is 5.58 Å². The second kappa shape index (κ2) is 8.58. The predicted octanol–water partition coefficient (Wildman–Crippen LogP) is 5.19. The number of hydrogen-bond acceptors (Lipinski definition) is 7. The maximum Gasteiger partial charge on any atom is 0.573 e. The number of fused-ring (bicyclic) bond motifs is 1. The monoisotopic (exact) mass is 443 g/mol. The van der Waals surface area contributed by atoms with E-state index >= 15 is 0 Å². The number of nitrogens with zero attached hydrogens (tertiary/aromatic N) is 2. The van der Waals surface area contributed by atoms with Gasteiger partial charge in [-0.3, -0.25) is 0 Å². The number of pyridine rings is 1. The molecule has 2 aromatic carbocycles. The van der Waals surface area contributed by atoms with Crippen molar-refractivity contribution in [3.05, 3.63) is 71.9 Å². The number of nitrogens with one attached hydrogen (secondary N) is 1. The van der Waals surface area contributed by atoms with Crippen LogP contribution >= 0.6 is 0 Å². The molecule has 164 valence electrons. The Morgan fingerprint density at radius 3 is 2.66 bits per heavy atom. The van der Waals surface area contributed by atoms with E-state index in [2.05, 4.69) is 20.0 Å². The van der Waals surface area contributed by atoms with Crippen LogP contribution in [0.1, 0.15) is 15.9 Å². The van der Waals surface area contributed by atoms with E-state index in [1.165, 1.54) is 31.5 Å². The number of carbonyl (C=O) groups is 1. The smallest absolute Gasteiger partial charge is 0.465 e. The molecule has 32 heavy (non-hydrogen) atoms. The molecule has 7 nitrogen and oxygen atoms in total. The Labute approximate surface area is 179 Å². The summed E-state index contributed by atoms with van der Waals surface area (Å²) in [5, 5.41) is 3.03. The molecule has 0 fully saturated rings. The minimum Gasteiger partial charge on any atom is -0.465 e. The number of esters is 1. The van der Waals surface area contributed by atoms with Gasteiger partial charge in [-0.15, -0.1) is 13.2 Å². The third-order valence-corrected chi connectivity index (χ3v) is 4.44. The molecule has 1 N–H and O–H groups in total. The van der Waals surface area contributed by atoms with Crippen molar-refractivity contribution in [2.24, 2.45) is 0 Å². The highest BCUT2D eigenvalue weighted by Crippen LogP contribution is 2.27. The van der Waals surface area contributed by atoms with Crippen LogP contribution in [0.15, 0.2) is 65.2 Å². The van der Waals surface area contributed by atoms with Crippen LogP contribution in [0.3, 0.4) is 0 Å². The maximum absolute atomic E-state index is 12.4. The Kier molecular flexibility index (Phi) is 5.67. The second-order valence-electron chi connectivity index (χ2n) is 6.65. The third kappa shape index (κ3) is 4.80. The van der Waals surface area contributed by atoms with Crippen molar-refractivity contribution >= 4 is 22.9 Å². The van der Waals surface area contributed by atoms with E-state index in [-0.39, 0.29) is 23.7 Å². The minimum atomic E-state index is -4.74. The quantitative estimate of drug-likeness (QED) is 0.411. The molecular formula is C22H16F3N3O4. The number of halogens is 3. The molecule has 2 aromatic heterocycles. The van der Waals surface area contributed by atoms with Gasteiger partial charge < -0.3 is 19.2 Å². The van der Waals surface area contributed by atoms with Gasteiger partial charge in [0.05, 0.1) is 12.7 Å². The van der Waals surface area contributed by atoms with Gasteiger partial charge in [0, 0.05) is 12.7 Å². The highest BCUT2D eigenvalue weighted by atomic mass is 19.4. The normalized spacial score (nSPS) is 11.4. The van der Waals surface area contributed by atoms with E-state index in [1.54, 1.807) is 36.4 Å². The number of ether oxygens (including phenoxy) is 2. The molecule has 10 heteroatoms. The standard InChI is InChI=1S/C22H16F3N3O4/c1-30-21(29)16-6-3-7-17-19(16)31-20(28-17)14-8-9-18(27-12-14)26-11-13-4-2-5-15(10-13)32-22(23,24)25/h2-10,12H,11H2,1H3,(H,26,27). The Bertz CT molecular complexity index is 1250. The van der Waals surface area contributed by atoms with Crippen LogP contribution < -0.4 is 10.1 Å². The molecule has 0 spiro atoms. The number of benzene rings is 2. The fourth-order valence-corrected chi connectivity index (χ4v) is 3.01. The lowest BCUT2D eigenvalue weighted by Gasteiger charge is -2.11. The van der Waals surface area contributed by atoms with E-state index in [0.29, 0.717) is 28.0 Å². The van der Waals surface area contributed by atoms with Crippen LogP contribution in [0, 0.1) is 0 Å².